The highest BCUT2D eigenvalue weighted by Crippen LogP contribution is 1.85. The first-order valence-corrected chi connectivity index (χ1v) is 7.20. The maximum Gasteiger partial charge on any atom is 0.328 e. The molecule has 0 radical (unpaired) electrons. The van der Waals surface area contributed by atoms with Gasteiger partial charge < -0.3 is 5.32 Å². The second-order valence-corrected chi connectivity index (χ2v) is 5.28. The summed E-state index contributed by atoms with van der Waals surface area (Å²) < 4.78 is 2.83. The van der Waals surface area contributed by atoms with Crippen LogP contribution in [0.25, 0.3) is 0 Å². The fraction of sp³-hybridized carbons (Fsp3) is 0.429. The summed E-state index contributed by atoms with van der Waals surface area (Å²) in [4.78, 5) is 50.2. The molecule has 0 bridgehead atoms. The first-order chi connectivity index (χ1) is 10.9. The summed E-state index contributed by atoms with van der Waals surface area (Å²) in [7, 11) is 0. The molecular formula is C14H19N5O4. The van der Waals surface area contributed by atoms with Gasteiger partial charge in [-0.05, 0) is 13.8 Å². The number of aromatic amines is 2. The normalized spacial score (nSPS) is 10.9. The summed E-state index contributed by atoms with van der Waals surface area (Å²) in [5.74, 6) is 0. The average molecular weight is 321 g/mol. The van der Waals surface area contributed by atoms with Crippen LogP contribution in [0.3, 0.4) is 0 Å². The molecule has 0 saturated carbocycles. The third kappa shape index (κ3) is 4.16. The fourth-order valence-corrected chi connectivity index (χ4v) is 2.09. The van der Waals surface area contributed by atoms with Gasteiger partial charge in [0.05, 0.1) is 0 Å². The van der Waals surface area contributed by atoms with Crippen LogP contribution in [0.5, 0.6) is 0 Å². The van der Waals surface area contributed by atoms with Crippen molar-refractivity contribution in [1.82, 2.24) is 24.4 Å². The topological polar surface area (TPSA) is 122 Å². The maximum absolute atomic E-state index is 11.6. The van der Waals surface area contributed by atoms with E-state index in [1.54, 1.807) is 13.8 Å². The highest BCUT2D eigenvalue weighted by Gasteiger charge is 2.02. The van der Waals surface area contributed by atoms with Gasteiger partial charge >= 0.3 is 11.4 Å². The van der Waals surface area contributed by atoms with Gasteiger partial charge in [0, 0.05) is 49.7 Å². The van der Waals surface area contributed by atoms with Gasteiger partial charge in [0.25, 0.3) is 11.1 Å². The van der Waals surface area contributed by atoms with Gasteiger partial charge in [-0.1, -0.05) is 0 Å². The number of aromatic nitrogens is 4. The summed E-state index contributed by atoms with van der Waals surface area (Å²) >= 11 is 0. The van der Waals surface area contributed by atoms with Gasteiger partial charge in [-0.2, -0.15) is 0 Å². The SMILES string of the molecule is Cc1cn(CCNCCn2cc(C)c(=O)[nH]c2=O)c(=O)[nH]c1=O. The van der Waals surface area contributed by atoms with Crippen molar-refractivity contribution in [2.45, 2.75) is 26.9 Å². The lowest BCUT2D eigenvalue weighted by Crippen LogP contribution is -2.36. The summed E-state index contributed by atoms with van der Waals surface area (Å²) in [5.41, 5.74) is -0.719. The predicted octanol–water partition coefficient (Wildman–Crippen LogP) is -1.71. The minimum Gasteiger partial charge on any atom is -0.313 e. The Labute approximate surface area is 130 Å². The van der Waals surface area contributed by atoms with Crippen molar-refractivity contribution in [3.8, 4) is 0 Å². The van der Waals surface area contributed by atoms with Crippen molar-refractivity contribution in [2.24, 2.45) is 0 Å². The van der Waals surface area contributed by atoms with Crippen LogP contribution in [-0.2, 0) is 13.1 Å². The van der Waals surface area contributed by atoms with Crippen LogP contribution in [-0.4, -0.2) is 32.2 Å². The second kappa shape index (κ2) is 7.05. The molecule has 0 aromatic carbocycles. The summed E-state index contributed by atoms with van der Waals surface area (Å²) in [5, 5.41) is 3.10. The van der Waals surface area contributed by atoms with Crippen LogP contribution in [0.15, 0.2) is 31.6 Å². The van der Waals surface area contributed by atoms with Gasteiger partial charge in [-0.25, -0.2) is 9.59 Å². The van der Waals surface area contributed by atoms with Crippen molar-refractivity contribution >= 4 is 0 Å². The van der Waals surface area contributed by atoms with Crippen molar-refractivity contribution in [3.05, 3.63) is 65.2 Å². The van der Waals surface area contributed by atoms with Crippen molar-refractivity contribution < 1.29 is 0 Å². The molecule has 0 saturated heterocycles. The predicted molar refractivity (Wildman–Crippen MR) is 85.0 cm³/mol. The standard InChI is InChI=1S/C14H19N5O4/c1-9-7-18(13(22)16-11(9)20)5-3-15-4-6-19-8-10(2)12(21)17-14(19)23/h7-8,15H,3-6H2,1-2H3,(H,16,20,22)(H,17,21,23). The maximum atomic E-state index is 11.6. The van der Waals surface area contributed by atoms with Gasteiger partial charge in [-0.3, -0.25) is 28.7 Å². The highest BCUT2D eigenvalue weighted by atomic mass is 16.2. The molecular weight excluding hydrogens is 302 g/mol. The zero-order valence-corrected chi connectivity index (χ0v) is 13.0. The Hall–Kier alpha value is -2.68. The Kier molecular flexibility index (Phi) is 5.12. The van der Waals surface area contributed by atoms with E-state index < -0.39 is 11.4 Å². The van der Waals surface area contributed by atoms with Gasteiger partial charge in [0.15, 0.2) is 0 Å². The quantitative estimate of drug-likeness (QED) is 0.547. The molecule has 0 atom stereocenters. The minimum absolute atomic E-state index is 0.382. The number of H-pyrrole nitrogens is 2. The van der Waals surface area contributed by atoms with Crippen LogP contribution in [0, 0.1) is 13.8 Å². The third-order valence-electron chi connectivity index (χ3n) is 3.44. The molecule has 0 unspecified atom stereocenters. The van der Waals surface area contributed by atoms with Gasteiger partial charge in [0.1, 0.15) is 0 Å². The van der Waals surface area contributed by atoms with E-state index in [2.05, 4.69) is 15.3 Å². The molecule has 9 heteroatoms. The molecule has 2 heterocycles. The molecule has 23 heavy (non-hydrogen) atoms. The van der Waals surface area contributed by atoms with Gasteiger partial charge in [-0.15, -0.1) is 0 Å². The zero-order chi connectivity index (χ0) is 17.0. The van der Waals surface area contributed by atoms with E-state index in [0.717, 1.165) is 0 Å². The molecule has 0 aliphatic rings. The molecule has 0 aliphatic carbocycles. The molecule has 9 nitrogen and oxygen atoms in total. The smallest absolute Gasteiger partial charge is 0.313 e. The van der Waals surface area contributed by atoms with Crippen LogP contribution in [0.1, 0.15) is 11.1 Å². The first kappa shape index (κ1) is 16.7. The van der Waals surface area contributed by atoms with E-state index in [9.17, 15) is 19.2 Å². The Morgan fingerprint density at radius 2 is 1.22 bits per heavy atom. The minimum atomic E-state index is -0.449. The monoisotopic (exact) mass is 321 g/mol. The van der Waals surface area contributed by atoms with Crippen molar-refractivity contribution in [2.75, 3.05) is 13.1 Å². The molecule has 0 aliphatic heterocycles. The Bertz CT molecular complexity index is 843. The van der Waals surface area contributed by atoms with Crippen LogP contribution in [0.2, 0.25) is 0 Å². The Morgan fingerprint density at radius 1 is 0.826 bits per heavy atom. The number of hydrogen-bond donors (Lipinski definition) is 3. The molecule has 0 spiro atoms. The van der Waals surface area contributed by atoms with E-state index >= 15 is 0 Å². The van der Waals surface area contributed by atoms with Crippen LogP contribution in [0.4, 0.5) is 0 Å². The van der Waals surface area contributed by atoms with E-state index in [1.807, 2.05) is 0 Å². The summed E-state index contributed by atoms with van der Waals surface area (Å²) in [6, 6.07) is 0. The van der Waals surface area contributed by atoms with E-state index in [0.29, 0.717) is 37.3 Å². The lowest BCUT2D eigenvalue weighted by atomic mass is 10.4. The lowest BCUT2D eigenvalue weighted by Gasteiger charge is -2.09. The van der Waals surface area contributed by atoms with E-state index in [1.165, 1.54) is 21.5 Å². The molecule has 2 aromatic rings. The number of hydrogen-bond acceptors (Lipinski definition) is 5. The first-order valence-electron chi connectivity index (χ1n) is 7.20. The van der Waals surface area contributed by atoms with Gasteiger partial charge in [0.2, 0.25) is 0 Å². The van der Waals surface area contributed by atoms with Crippen molar-refractivity contribution in [3.63, 3.8) is 0 Å². The summed E-state index contributed by atoms with van der Waals surface area (Å²) in [6.45, 7) is 5.07. The van der Waals surface area contributed by atoms with Crippen LogP contribution < -0.4 is 27.8 Å². The number of aryl methyl sites for hydroxylation is 2. The lowest BCUT2D eigenvalue weighted by molar-refractivity contribution is 0.532. The van der Waals surface area contributed by atoms with Crippen LogP contribution >= 0.6 is 0 Å². The number of nitrogens with one attached hydrogen (secondary N) is 3. The Balaban J connectivity index is 1.87. The highest BCUT2D eigenvalue weighted by molar-refractivity contribution is 5.01. The molecule has 2 rings (SSSR count). The third-order valence-corrected chi connectivity index (χ3v) is 3.44. The van der Waals surface area contributed by atoms with E-state index in [-0.39, 0.29) is 11.1 Å². The van der Waals surface area contributed by atoms with Crippen molar-refractivity contribution in [1.29, 1.82) is 0 Å². The zero-order valence-electron chi connectivity index (χ0n) is 13.0. The fourth-order valence-electron chi connectivity index (χ4n) is 2.09. The molecule has 0 amide bonds. The average Bonchev–Trinajstić information content (AvgIpc) is 2.49. The number of rotatable bonds is 6. The molecule has 0 fully saturated rings. The second-order valence-electron chi connectivity index (χ2n) is 5.28. The molecule has 2 aromatic heterocycles. The van der Waals surface area contributed by atoms with E-state index in [4.69, 9.17) is 0 Å². The largest absolute Gasteiger partial charge is 0.328 e. The summed E-state index contributed by atoms with van der Waals surface area (Å²) in [6.07, 6.45) is 3.03. The molecule has 3 N–H and O–H groups in total. The molecule has 124 valence electrons. The number of nitrogens with zero attached hydrogens (tertiary/aromatic N) is 2. The Morgan fingerprint density at radius 3 is 1.61 bits per heavy atom.